The standard InChI is InChI=1S/C20H23NO3.ClH/c1-2-3-6-12-21-13-14-23-20(22)16-9-7-11-18-19(16)15-8-4-5-10-17(15)24-18;/h4-5,7-11,21H,2-3,6,12-14H2,1H3;1H. The van der Waals surface area contributed by atoms with Crippen molar-refractivity contribution in [2.45, 2.75) is 26.2 Å². The van der Waals surface area contributed by atoms with E-state index in [0.29, 0.717) is 24.3 Å². The number of halogens is 1. The van der Waals surface area contributed by atoms with Gasteiger partial charge in [-0.15, -0.1) is 12.4 Å². The van der Waals surface area contributed by atoms with Crippen molar-refractivity contribution in [1.29, 1.82) is 0 Å². The highest BCUT2D eigenvalue weighted by Crippen LogP contribution is 2.31. The minimum absolute atomic E-state index is 0. The lowest BCUT2D eigenvalue weighted by Crippen LogP contribution is -2.22. The fraction of sp³-hybridized carbons (Fsp3) is 0.350. The Morgan fingerprint density at radius 2 is 1.84 bits per heavy atom. The van der Waals surface area contributed by atoms with Crippen molar-refractivity contribution in [2.24, 2.45) is 0 Å². The fourth-order valence-corrected chi connectivity index (χ4v) is 2.86. The Morgan fingerprint density at radius 3 is 2.68 bits per heavy atom. The van der Waals surface area contributed by atoms with Crippen molar-refractivity contribution in [3.8, 4) is 0 Å². The monoisotopic (exact) mass is 361 g/mol. The summed E-state index contributed by atoms with van der Waals surface area (Å²) in [5.41, 5.74) is 2.05. The van der Waals surface area contributed by atoms with Crippen LogP contribution in [-0.4, -0.2) is 25.7 Å². The Bertz CT molecular complexity index is 828. The van der Waals surface area contributed by atoms with E-state index in [1.165, 1.54) is 12.8 Å². The third-order valence-electron chi connectivity index (χ3n) is 4.09. The van der Waals surface area contributed by atoms with E-state index >= 15 is 0 Å². The Balaban J connectivity index is 0.00000225. The van der Waals surface area contributed by atoms with E-state index in [2.05, 4.69) is 12.2 Å². The maximum atomic E-state index is 12.4. The summed E-state index contributed by atoms with van der Waals surface area (Å²) in [7, 11) is 0. The molecule has 0 unspecified atom stereocenters. The molecule has 0 atom stereocenters. The molecular formula is C20H24ClNO3. The number of carbonyl (C=O) groups excluding carboxylic acids is 1. The number of unbranched alkanes of at least 4 members (excludes halogenated alkanes) is 2. The molecule has 3 rings (SSSR count). The van der Waals surface area contributed by atoms with Gasteiger partial charge in [0.15, 0.2) is 0 Å². The highest BCUT2D eigenvalue weighted by molar-refractivity contribution is 6.15. The van der Waals surface area contributed by atoms with Crippen molar-refractivity contribution >= 4 is 40.3 Å². The molecule has 1 heterocycles. The molecule has 2 aromatic carbocycles. The van der Waals surface area contributed by atoms with Crippen LogP contribution in [0.5, 0.6) is 0 Å². The number of ether oxygens (including phenoxy) is 1. The van der Waals surface area contributed by atoms with Crippen LogP contribution in [0.1, 0.15) is 36.5 Å². The molecule has 0 aliphatic heterocycles. The average Bonchev–Trinajstić information content (AvgIpc) is 2.99. The molecule has 5 heteroatoms. The number of nitrogens with one attached hydrogen (secondary N) is 1. The van der Waals surface area contributed by atoms with Gasteiger partial charge in [-0.25, -0.2) is 4.79 Å². The fourth-order valence-electron chi connectivity index (χ4n) is 2.86. The molecule has 0 radical (unpaired) electrons. The van der Waals surface area contributed by atoms with Crippen LogP contribution in [0, 0.1) is 0 Å². The number of hydrogen-bond donors (Lipinski definition) is 1. The second-order valence-corrected chi connectivity index (χ2v) is 5.87. The van der Waals surface area contributed by atoms with Crippen LogP contribution in [-0.2, 0) is 4.74 Å². The van der Waals surface area contributed by atoms with E-state index in [1.54, 1.807) is 6.07 Å². The second kappa shape index (κ2) is 9.44. The van der Waals surface area contributed by atoms with Crippen molar-refractivity contribution in [2.75, 3.05) is 19.7 Å². The highest BCUT2D eigenvalue weighted by Gasteiger charge is 2.16. The van der Waals surface area contributed by atoms with E-state index < -0.39 is 0 Å². The van der Waals surface area contributed by atoms with Gasteiger partial charge in [0.25, 0.3) is 0 Å². The van der Waals surface area contributed by atoms with Gasteiger partial charge < -0.3 is 14.5 Å². The lowest BCUT2D eigenvalue weighted by Gasteiger charge is -2.07. The van der Waals surface area contributed by atoms with E-state index in [0.717, 1.165) is 29.3 Å². The number of benzene rings is 2. The Kier molecular flexibility index (Phi) is 7.29. The van der Waals surface area contributed by atoms with Crippen LogP contribution in [0.4, 0.5) is 0 Å². The number of para-hydroxylation sites is 1. The quantitative estimate of drug-likeness (QED) is 0.456. The summed E-state index contributed by atoms with van der Waals surface area (Å²) in [6, 6.07) is 13.2. The third kappa shape index (κ3) is 4.53. The minimum Gasteiger partial charge on any atom is -0.461 e. The second-order valence-electron chi connectivity index (χ2n) is 5.87. The van der Waals surface area contributed by atoms with Gasteiger partial charge in [-0.1, -0.05) is 44.0 Å². The van der Waals surface area contributed by atoms with E-state index in [4.69, 9.17) is 9.15 Å². The number of hydrogen-bond acceptors (Lipinski definition) is 4. The number of furan rings is 1. The molecule has 0 saturated carbocycles. The normalized spacial score (nSPS) is 10.8. The number of esters is 1. The predicted octanol–water partition coefficient (Wildman–Crippen LogP) is 4.94. The number of rotatable bonds is 8. The van der Waals surface area contributed by atoms with Gasteiger partial charge in [-0.3, -0.25) is 0 Å². The summed E-state index contributed by atoms with van der Waals surface area (Å²) in [6.07, 6.45) is 3.59. The molecule has 1 aromatic heterocycles. The first-order valence-electron chi connectivity index (χ1n) is 8.59. The largest absolute Gasteiger partial charge is 0.461 e. The minimum atomic E-state index is -0.303. The summed E-state index contributed by atoms with van der Waals surface area (Å²) >= 11 is 0. The zero-order valence-corrected chi connectivity index (χ0v) is 15.2. The van der Waals surface area contributed by atoms with Gasteiger partial charge in [0, 0.05) is 17.3 Å². The lowest BCUT2D eigenvalue weighted by atomic mass is 10.1. The van der Waals surface area contributed by atoms with Crippen molar-refractivity contribution in [3.63, 3.8) is 0 Å². The molecule has 4 nitrogen and oxygen atoms in total. The van der Waals surface area contributed by atoms with Gasteiger partial charge in [0.2, 0.25) is 0 Å². The molecule has 0 bridgehead atoms. The van der Waals surface area contributed by atoms with Gasteiger partial charge >= 0.3 is 5.97 Å². The Morgan fingerprint density at radius 1 is 1.04 bits per heavy atom. The third-order valence-corrected chi connectivity index (χ3v) is 4.09. The highest BCUT2D eigenvalue weighted by atomic mass is 35.5. The molecule has 0 amide bonds. The lowest BCUT2D eigenvalue weighted by molar-refractivity contribution is 0.0511. The van der Waals surface area contributed by atoms with E-state index in [9.17, 15) is 4.79 Å². The van der Waals surface area contributed by atoms with E-state index in [-0.39, 0.29) is 18.4 Å². The smallest absolute Gasteiger partial charge is 0.338 e. The van der Waals surface area contributed by atoms with Crippen molar-refractivity contribution < 1.29 is 13.9 Å². The summed E-state index contributed by atoms with van der Waals surface area (Å²) in [6.45, 7) is 4.20. The average molecular weight is 362 g/mol. The van der Waals surface area contributed by atoms with Crippen LogP contribution in [0.15, 0.2) is 46.9 Å². The van der Waals surface area contributed by atoms with Gasteiger partial charge in [-0.05, 0) is 31.2 Å². The Hall–Kier alpha value is -2.04. The summed E-state index contributed by atoms with van der Waals surface area (Å²) < 4.78 is 11.2. The molecule has 0 aliphatic carbocycles. The van der Waals surface area contributed by atoms with Crippen LogP contribution in [0.3, 0.4) is 0 Å². The van der Waals surface area contributed by atoms with Crippen LogP contribution >= 0.6 is 12.4 Å². The first kappa shape index (κ1) is 19.3. The van der Waals surface area contributed by atoms with Gasteiger partial charge in [0.1, 0.15) is 17.8 Å². The molecule has 0 saturated heterocycles. The molecule has 3 aromatic rings. The summed E-state index contributed by atoms with van der Waals surface area (Å²) in [5.74, 6) is -0.303. The zero-order chi connectivity index (χ0) is 16.8. The number of fused-ring (bicyclic) bond motifs is 3. The molecule has 134 valence electrons. The Labute approximate surface area is 153 Å². The molecule has 0 fully saturated rings. The SMILES string of the molecule is CCCCCNCCOC(=O)c1cccc2oc3ccccc3c12.Cl. The van der Waals surface area contributed by atoms with Crippen LogP contribution in [0.2, 0.25) is 0 Å². The van der Waals surface area contributed by atoms with Crippen molar-refractivity contribution in [1.82, 2.24) is 5.32 Å². The summed E-state index contributed by atoms with van der Waals surface area (Å²) in [4.78, 5) is 12.4. The number of carbonyl (C=O) groups is 1. The molecule has 0 aliphatic rings. The molecular weight excluding hydrogens is 338 g/mol. The maximum Gasteiger partial charge on any atom is 0.338 e. The van der Waals surface area contributed by atoms with E-state index in [1.807, 2.05) is 36.4 Å². The van der Waals surface area contributed by atoms with Crippen LogP contribution < -0.4 is 5.32 Å². The van der Waals surface area contributed by atoms with Crippen LogP contribution in [0.25, 0.3) is 21.9 Å². The molecule has 25 heavy (non-hydrogen) atoms. The van der Waals surface area contributed by atoms with Gasteiger partial charge in [-0.2, -0.15) is 0 Å². The molecule has 0 spiro atoms. The van der Waals surface area contributed by atoms with Gasteiger partial charge in [0.05, 0.1) is 5.56 Å². The first-order chi connectivity index (χ1) is 11.8. The maximum absolute atomic E-state index is 12.4. The zero-order valence-electron chi connectivity index (χ0n) is 14.4. The first-order valence-corrected chi connectivity index (χ1v) is 8.59. The van der Waals surface area contributed by atoms with Crippen molar-refractivity contribution in [3.05, 3.63) is 48.0 Å². The predicted molar refractivity (Wildman–Crippen MR) is 104 cm³/mol. The molecule has 1 N–H and O–H groups in total. The topological polar surface area (TPSA) is 51.5 Å². The summed E-state index contributed by atoms with van der Waals surface area (Å²) in [5, 5.41) is 5.06.